The number of aliphatic hydroxyl groups excluding tert-OH is 1. The van der Waals surface area contributed by atoms with Crippen LogP contribution >= 0.6 is 0 Å². The number of carboxylic acid groups (broad SMARTS) is 1. The maximum Gasteiger partial charge on any atom is 0.332 e. The summed E-state index contributed by atoms with van der Waals surface area (Å²) in [4.78, 5) is 19.3. The molecule has 0 rings (SSSR count). The number of carbonyl (C=O) groups is 2. The van der Waals surface area contributed by atoms with Gasteiger partial charge in [-0.3, -0.25) is 0 Å². The summed E-state index contributed by atoms with van der Waals surface area (Å²) in [5.74, 6) is -0.931. The maximum atomic E-state index is 9.81. The molecule has 2 N–H and O–H groups in total. The smallest absolute Gasteiger partial charge is 0.332 e. The fourth-order valence-electron chi connectivity index (χ4n) is 0. The van der Waals surface area contributed by atoms with Crippen molar-refractivity contribution >= 4 is 11.8 Å². The number of aliphatic hydroxyl groups is 1. The van der Waals surface area contributed by atoms with Crippen LogP contribution in [0.5, 0.6) is 0 Å². The zero-order valence-electron chi connectivity index (χ0n) is 7.00. The molecule has 0 fully saturated rings. The molecule has 0 unspecified atom stereocenters. The topological polar surface area (TPSA) is 74.6 Å². The fraction of sp³-hybridized carbons (Fsp3) is 0.714. The van der Waals surface area contributed by atoms with Crippen molar-refractivity contribution in [2.24, 2.45) is 0 Å². The largest absolute Gasteiger partial charge is 0.479 e. The molecule has 0 radical (unpaired) electrons. The first-order valence-corrected chi connectivity index (χ1v) is 3.32. The summed E-state index contributed by atoms with van der Waals surface area (Å²) >= 11 is 0. The van der Waals surface area contributed by atoms with E-state index in [4.69, 9.17) is 10.2 Å². The summed E-state index contributed by atoms with van der Waals surface area (Å²) in [7, 11) is 0. The van der Waals surface area contributed by atoms with Crippen molar-refractivity contribution in [2.75, 3.05) is 0 Å². The standard InChI is InChI=1S/C4H8O.C3H6O3/c1-3-4(2)5;1-2(4)3(5)6/h3H2,1-2H3;2,4H,1H3,(H,5,6)/t;2-/m.0/s1. The van der Waals surface area contributed by atoms with E-state index >= 15 is 0 Å². The van der Waals surface area contributed by atoms with E-state index in [0.29, 0.717) is 6.42 Å². The molecule has 4 nitrogen and oxygen atoms in total. The first kappa shape index (κ1) is 12.7. The lowest BCUT2D eigenvalue weighted by Gasteiger charge is -1.89. The van der Waals surface area contributed by atoms with Crippen LogP contribution in [-0.4, -0.2) is 28.1 Å². The van der Waals surface area contributed by atoms with Crippen LogP contribution in [0.4, 0.5) is 0 Å². The van der Waals surface area contributed by atoms with Gasteiger partial charge in [-0.25, -0.2) is 4.79 Å². The monoisotopic (exact) mass is 162 g/mol. The second-order valence-corrected chi connectivity index (χ2v) is 2.07. The van der Waals surface area contributed by atoms with Gasteiger partial charge in [0, 0.05) is 6.42 Å². The van der Waals surface area contributed by atoms with Gasteiger partial charge < -0.3 is 15.0 Å². The van der Waals surface area contributed by atoms with Gasteiger partial charge in [0.15, 0.2) is 0 Å². The van der Waals surface area contributed by atoms with Crippen molar-refractivity contribution < 1.29 is 19.8 Å². The molecule has 0 saturated carbocycles. The SMILES string of the molecule is CCC(C)=O.C[C@H](O)C(=O)O. The van der Waals surface area contributed by atoms with Crippen molar-refractivity contribution in [3.63, 3.8) is 0 Å². The van der Waals surface area contributed by atoms with Crippen LogP contribution in [0.1, 0.15) is 27.2 Å². The molecular weight excluding hydrogens is 148 g/mol. The molecule has 0 spiro atoms. The zero-order chi connectivity index (χ0) is 9.44. The van der Waals surface area contributed by atoms with E-state index in [1.165, 1.54) is 6.92 Å². The number of ketones is 1. The third kappa shape index (κ3) is 17.6. The minimum Gasteiger partial charge on any atom is -0.479 e. The number of hydrogen-bond acceptors (Lipinski definition) is 3. The fourth-order valence-corrected chi connectivity index (χ4v) is 0. The van der Waals surface area contributed by atoms with Crippen LogP contribution in [0, 0.1) is 0 Å². The van der Waals surface area contributed by atoms with Gasteiger partial charge in [0.05, 0.1) is 0 Å². The number of aliphatic carboxylic acids is 1. The van der Waals surface area contributed by atoms with Crippen molar-refractivity contribution in [3.05, 3.63) is 0 Å². The summed E-state index contributed by atoms with van der Waals surface area (Å²) in [6.45, 7) is 4.63. The van der Waals surface area contributed by atoms with E-state index < -0.39 is 12.1 Å². The van der Waals surface area contributed by atoms with Crippen molar-refractivity contribution in [1.82, 2.24) is 0 Å². The van der Waals surface area contributed by atoms with Crippen molar-refractivity contribution in [3.8, 4) is 0 Å². The molecule has 0 bridgehead atoms. The molecule has 0 heterocycles. The molecule has 0 aliphatic heterocycles. The molecule has 4 heteroatoms. The van der Waals surface area contributed by atoms with Gasteiger partial charge in [0.25, 0.3) is 0 Å². The van der Waals surface area contributed by atoms with Gasteiger partial charge >= 0.3 is 5.97 Å². The Labute approximate surface area is 65.8 Å². The summed E-state index contributed by atoms with van der Waals surface area (Å²) in [6.07, 6.45) is -0.565. The Balaban J connectivity index is 0. The molecular formula is C7H14O4. The molecule has 11 heavy (non-hydrogen) atoms. The highest BCUT2D eigenvalue weighted by Crippen LogP contribution is 1.73. The molecule has 0 aliphatic carbocycles. The Kier molecular flexibility index (Phi) is 8.36. The molecule has 0 aromatic carbocycles. The molecule has 0 amide bonds. The van der Waals surface area contributed by atoms with E-state index in [1.807, 2.05) is 6.92 Å². The van der Waals surface area contributed by atoms with Crippen LogP contribution in [0.15, 0.2) is 0 Å². The quantitative estimate of drug-likeness (QED) is 0.617. The highest BCUT2D eigenvalue weighted by molar-refractivity contribution is 5.74. The lowest BCUT2D eigenvalue weighted by atomic mass is 10.4. The average Bonchev–Trinajstić information content (AvgIpc) is 1.89. The van der Waals surface area contributed by atoms with Gasteiger partial charge in [0.2, 0.25) is 0 Å². The van der Waals surface area contributed by atoms with Crippen molar-refractivity contribution in [2.45, 2.75) is 33.3 Å². The Morgan fingerprint density at radius 1 is 1.45 bits per heavy atom. The van der Waals surface area contributed by atoms with Gasteiger partial charge in [-0.1, -0.05) is 6.92 Å². The van der Waals surface area contributed by atoms with Crippen LogP contribution < -0.4 is 0 Å². The summed E-state index contributed by atoms with van der Waals surface area (Å²) in [5, 5.41) is 15.8. The van der Waals surface area contributed by atoms with Crippen LogP contribution in [0.2, 0.25) is 0 Å². The summed E-state index contributed by atoms with van der Waals surface area (Å²) in [6, 6.07) is 0. The van der Waals surface area contributed by atoms with E-state index in [1.54, 1.807) is 6.92 Å². The predicted molar refractivity (Wildman–Crippen MR) is 40.3 cm³/mol. The van der Waals surface area contributed by atoms with Crippen molar-refractivity contribution in [1.29, 1.82) is 0 Å². The van der Waals surface area contributed by atoms with E-state index in [-0.39, 0.29) is 5.78 Å². The highest BCUT2D eigenvalue weighted by Gasteiger charge is 2.01. The zero-order valence-corrected chi connectivity index (χ0v) is 7.00. The van der Waals surface area contributed by atoms with Crippen LogP contribution in [0.3, 0.4) is 0 Å². The molecule has 0 aliphatic rings. The molecule has 0 aromatic heterocycles. The van der Waals surface area contributed by atoms with Gasteiger partial charge in [-0.2, -0.15) is 0 Å². The molecule has 66 valence electrons. The first-order valence-electron chi connectivity index (χ1n) is 3.32. The normalized spacial score (nSPS) is 10.9. The number of hydrogen-bond donors (Lipinski definition) is 2. The second-order valence-electron chi connectivity index (χ2n) is 2.07. The van der Waals surface area contributed by atoms with Gasteiger partial charge in [-0.15, -0.1) is 0 Å². The second kappa shape index (κ2) is 7.21. The predicted octanol–water partition coefficient (Wildman–Crippen LogP) is 0.437. The number of Topliss-reactive ketones (excluding diaryl/α,β-unsaturated/α-hetero) is 1. The Morgan fingerprint density at radius 2 is 1.64 bits per heavy atom. The van der Waals surface area contributed by atoms with Gasteiger partial charge in [0.1, 0.15) is 11.9 Å². The first-order chi connectivity index (χ1) is 4.91. The lowest BCUT2D eigenvalue weighted by Crippen LogP contribution is -2.13. The molecule has 0 saturated heterocycles. The Morgan fingerprint density at radius 3 is 1.64 bits per heavy atom. The van der Waals surface area contributed by atoms with Crippen LogP contribution in [-0.2, 0) is 9.59 Å². The van der Waals surface area contributed by atoms with E-state index in [9.17, 15) is 9.59 Å². The van der Waals surface area contributed by atoms with Gasteiger partial charge in [-0.05, 0) is 13.8 Å². The third-order valence-electron chi connectivity index (χ3n) is 0.855. The molecule has 1 atom stereocenters. The van der Waals surface area contributed by atoms with E-state index in [2.05, 4.69) is 0 Å². The highest BCUT2D eigenvalue weighted by atomic mass is 16.4. The lowest BCUT2D eigenvalue weighted by molar-refractivity contribution is -0.145. The number of carbonyl (C=O) groups excluding carboxylic acids is 1. The Bertz CT molecular complexity index is 128. The third-order valence-corrected chi connectivity index (χ3v) is 0.855. The van der Waals surface area contributed by atoms with Crippen LogP contribution in [0.25, 0.3) is 0 Å². The molecule has 0 aromatic rings. The number of rotatable bonds is 2. The number of carboxylic acids is 1. The maximum absolute atomic E-state index is 9.81. The minimum absolute atomic E-state index is 0.255. The summed E-state index contributed by atoms with van der Waals surface area (Å²) < 4.78 is 0. The van der Waals surface area contributed by atoms with E-state index in [0.717, 1.165) is 0 Å². The average molecular weight is 162 g/mol. The summed E-state index contributed by atoms with van der Waals surface area (Å²) in [5.41, 5.74) is 0. The Hall–Kier alpha value is -0.900. The minimum atomic E-state index is -1.23.